The van der Waals surface area contributed by atoms with E-state index < -0.39 is 15.1 Å². The van der Waals surface area contributed by atoms with Gasteiger partial charge in [0, 0.05) is 4.88 Å². The smallest absolute Gasteiger partial charge is 0.155 e. The van der Waals surface area contributed by atoms with Crippen molar-refractivity contribution in [2.45, 2.75) is 37.5 Å². The van der Waals surface area contributed by atoms with Gasteiger partial charge in [-0.25, -0.2) is 8.42 Å². The minimum Gasteiger partial charge on any atom is -0.322 e. The van der Waals surface area contributed by atoms with Crippen molar-refractivity contribution in [3.63, 3.8) is 0 Å². The first-order valence-corrected chi connectivity index (χ1v) is 8.97. The molecular weight excluding hydrogens is 322 g/mol. The molecule has 1 saturated heterocycles. The number of halogens is 1. The molecule has 0 aliphatic carbocycles. The highest BCUT2D eigenvalue weighted by Crippen LogP contribution is 2.36. The van der Waals surface area contributed by atoms with Crippen LogP contribution in [0, 0.1) is 6.92 Å². The minimum absolute atomic E-state index is 0.289. The van der Waals surface area contributed by atoms with Gasteiger partial charge in [0.2, 0.25) is 0 Å². The van der Waals surface area contributed by atoms with E-state index in [9.17, 15) is 8.42 Å². The molecule has 3 nitrogen and oxygen atoms in total. The van der Waals surface area contributed by atoms with Crippen LogP contribution in [0.2, 0.25) is 0 Å². The molecule has 0 amide bonds. The predicted molar refractivity (Wildman–Crippen MR) is 75.1 cm³/mol. The summed E-state index contributed by atoms with van der Waals surface area (Å²) in [5.41, 5.74) is 7.26. The summed E-state index contributed by atoms with van der Waals surface area (Å²) in [7, 11) is -3.01. The van der Waals surface area contributed by atoms with Gasteiger partial charge in [0.1, 0.15) is 0 Å². The molecule has 0 radical (unpaired) electrons. The van der Waals surface area contributed by atoms with Gasteiger partial charge in [-0.15, -0.1) is 11.3 Å². The highest BCUT2D eigenvalue weighted by Gasteiger charge is 2.35. The molecule has 17 heavy (non-hydrogen) atoms. The molecule has 0 spiro atoms. The summed E-state index contributed by atoms with van der Waals surface area (Å²) >= 11 is 4.99. The molecule has 2 heterocycles. The molecule has 1 aromatic heterocycles. The normalized spacial score (nSPS) is 25.7. The number of hydrogen-bond donors (Lipinski definition) is 1. The lowest BCUT2D eigenvalue weighted by Gasteiger charge is -2.26. The maximum atomic E-state index is 12.0. The molecular formula is C11H16BrNO2S2. The quantitative estimate of drug-likeness (QED) is 0.902. The van der Waals surface area contributed by atoms with Gasteiger partial charge in [-0.3, -0.25) is 0 Å². The summed E-state index contributed by atoms with van der Waals surface area (Å²) in [6, 6.07) is 1.61. The average molecular weight is 338 g/mol. The molecule has 1 aromatic rings. The number of rotatable bonds is 2. The van der Waals surface area contributed by atoms with Gasteiger partial charge >= 0.3 is 0 Å². The average Bonchev–Trinajstić information content (AvgIpc) is 2.58. The Morgan fingerprint density at radius 3 is 2.76 bits per heavy atom. The van der Waals surface area contributed by atoms with Crippen LogP contribution in [0.15, 0.2) is 9.85 Å². The van der Waals surface area contributed by atoms with Gasteiger partial charge in [0.05, 0.1) is 20.8 Å². The zero-order chi connectivity index (χ0) is 12.6. The zero-order valence-electron chi connectivity index (χ0n) is 9.65. The minimum atomic E-state index is -3.01. The maximum absolute atomic E-state index is 12.0. The number of nitrogens with two attached hydrogens (primary N) is 1. The van der Waals surface area contributed by atoms with E-state index >= 15 is 0 Å². The van der Waals surface area contributed by atoms with Crippen LogP contribution in [0.25, 0.3) is 0 Å². The van der Waals surface area contributed by atoms with E-state index in [2.05, 4.69) is 15.9 Å². The van der Waals surface area contributed by atoms with Crippen LogP contribution in [0.1, 0.15) is 35.7 Å². The van der Waals surface area contributed by atoms with Gasteiger partial charge in [-0.05, 0) is 47.3 Å². The standard InChI is InChI=1S/C11H16BrNO2S2/c1-7-6-8(16-11(7)12)10(13)9-4-2-3-5-17(9,14)15/h6,9-10H,2-5,13H2,1H3. The number of thiophene rings is 1. The predicted octanol–water partition coefficient (Wildman–Crippen LogP) is 2.79. The van der Waals surface area contributed by atoms with Gasteiger partial charge in [-0.2, -0.15) is 0 Å². The maximum Gasteiger partial charge on any atom is 0.155 e. The van der Waals surface area contributed by atoms with E-state index in [-0.39, 0.29) is 11.8 Å². The molecule has 2 N–H and O–H groups in total. The van der Waals surface area contributed by atoms with Crippen LogP contribution in [-0.2, 0) is 9.84 Å². The first-order chi connectivity index (χ1) is 7.92. The Kier molecular flexibility index (Phi) is 3.97. The molecule has 96 valence electrons. The van der Waals surface area contributed by atoms with Crippen molar-refractivity contribution in [1.82, 2.24) is 0 Å². The lowest BCUT2D eigenvalue weighted by molar-refractivity contribution is 0.507. The first kappa shape index (κ1) is 13.5. The molecule has 1 aliphatic heterocycles. The summed E-state index contributed by atoms with van der Waals surface area (Å²) in [5.74, 6) is 0.289. The fourth-order valence-corrected chi connectivity index (χ4v) is 5.97. The summed E-state index contributed by atoms with van der Waals surface area (Å²) in [4.78, 5) is 0.963. The van der Waals surface area contributed by atoms with Crippen molar-refractivity contribution in [2.24, 2.45) is 5.73 Å². The third kappa shape index (κ3) is 2.75. The number of hydrogen-bond acceptors (Lipinski definition) is 4. The Morgan fingerprint density at radius 2 is 2.24 bits per heavy atom. The van der Waals surface area contributed by atoms with E-state index in [1.54, 1.807) is 11.3 Å². The van der Waals surface area contributed by atoms with Gasteiger partial charge in [-0.1, -0.05) is 6.42 Å². The Balaban J connectivity index is 2.27. The second-order valence-electron chi connectivity index (χ2n) is 4.53. The highest BCUT2D eigenvalue weighted by atomic mass is 79.9. The molecule has 0 bridgehead atoms. The third-order valence-corrected chi connectivity index (χ3v) is 7.78. The van der Waals surface area contributed by atoms with Crippen LogP contribution in [0.3, 0.4) is 0 Å². The van der Waals surface area contributed by atoms with Crippen LogP contribution < -0.4 is 5.73 Å². The Hall–Kier alpha value is 0.0900. The Bertz CT molecular complexity index is 490. The molecule has 1 aliphatic rings. The molecule has 1 fully saturated rings. The van der Waals surface area contributed by atoms with E-state index in [0.29, 0.717) is 6.42 Å². The van der Waals surface area contributed by atoms with Crippen molar-refractivity contribution in [2.75, 3.05) is 5.75 Å². The molecule has 0 aromatic carbocycles. The topological polar surface area (TPSA) is 60.2 Å². The van der Waals surface area contributed by atoms with E-state index in [1.165, 1.54) is 0 Å². The molecule has 6 heteroatoms. The lowest BCUT2D eigenvalue weighted by atomic mass is 10.1. The van der Waals surface area contributed by atoms with E-state index in [1.807, 2.05) is 13.0 Å². The Morgan fingerprint density at radius 1 is 1.53 bits per heavy atom. The summed E-state index contributed by atoms with van der Waals surface area (Å²) < 4.78 is 25.0. The van der Waals surface area contributed by atoms with Crippen molar-refractivity contribution >= 4 is 37.1 Å². The van der Waals surface area contributed by atoms with Gasteiger partial charge in [0.15, 0.2) is 9.84 Å². The van der Waals surface area contributed by atoms with Crippen LogP contribution >= 0.6 is 27.3 Å². The second kappa shape index (κ2) is 4.99. The summed E-state index contributed by atoms with van der Waals surface area (Å²) in [6.45, 7) is 1.99. The first-order valence-electron chi connectivity index (χ1n) is 5.65. The summed E-state index contributed by atoms with van der Waals surface area (Å²) in [6.07, 6.45) is 2.43. The fourth-order valence-electron chi connectivity index (χ4n) is 2.21. The number of aryl methyl sites for hydroxylation is 1. The van der Waals surface area contributed by atoms with Crippen LogP contribution in [-0.4, -0.2) is 19.4 Å². The van der Waals surface area contributed by atoms with Gasteiger partial charge < -0.3 is 5.73 Å². The largest absolute Gasteiger partial charge is 0.322 e. The zero-order valence-corrected chi connectivity index (χ0v) is 12.9. The van der Waals surface area contributed by atoms with Crippen molar-refractivity contribution in [3.05, 3.63) is 20.3 Å². The SMILES string of the molecule is Cc1cc(C(N)C2CCCCS2(=O)=O)sc1Br. The lowest BCUT2D eigenvalue weighted by Crippen LogP contribution is -2.37. The van der Waals surface area contributed by atoms with Crippen molar-refractivity contribution in [3.8, 4) is 0 Å². The molecule has 2 unspecified atom stereocenters. The molecule has 2 rings (SSSR count). The van der Waals surface area contributed by atoms with Crippen molar-refractivity contribution in [1.29, 1.82) is 0 Å². The second-order valence-corrected chi connectivity index (χ2v) is 9.27. The van der Waals surface area contributed by atoms with Crippen LogP contribution in [0.5, 0.6) is 0 Å². The van der Waals surface area contributed by atoms with Crippen LogP contribution in [0.4, 0.5) is 0 Å². The highest BCUT2D eigenvalue weighted by molar-refractivity contribution is 9.11. The van der Waals surface area contributed by atoms with E-state index in [4.69, 9.17) is 5.73 Å². The monoisotopic (exact) mass is 337 g/mol. The van der Waals surface area contributed by atoms with E-state index in [0.717, 1.165) is 27.1 Å². The fraction of sp³-hybridized carbons (Fsp3) is 0.636. The molecule has 2 atom stereocenters. The summed E-state index contributed by atoms with van der Waals surface area (Å²) in [5, 5.41) is -0.402. The van der Waals surface area contributed by atoms with Crippen molar-refractivity contribution < 1.29 is 8.42 Å². The molecule has 0 saturated carbocycles. The number of sulfone groups is 1. The Labute approximate surface area is 114 Å². The third-order valence-electron chi connectivity index (χ3n) is 3.23. The van der Waals surface area contributed by atoms with Gasteiger partial charge in [0.25, 0.3) is 0 Å².